The van der Waals surface area contributed by atoms with Gasteiger partial charge < -0.3 is 10.5 Å². The van der Waals surface area contributed by atoms with Crippen molar-refractivity contribution in [3.05, 3.63) is 29.3 Å². The van der Waals surface area contributed by atoms with Crippen molar-refractivity contribution >= 4 is 22.4 Å². The smallest absolute Gasteiger partial charge is 0.0815 e. The lowest BCUT2D eigenvalue weighted by molar-refractivity contribution is 0.0852. The summed E-state index contributed by atoms with van der Waals surface area (Å²) in [5.41, 5.74) is 5.53. The Morgan fingerprint density at radius 3 is 2.75 bits per heavy atom. The second kappa shape index (κ2) is 7.01. The van der Waals surface area contributed by atoms with Gasteiger partial charge in [0.05, 0.1) is 32.6 Å². The number of ether oxygens (including phenoxy) is 1. The van der Waals surface area contributed by atoms with Crippen LogP contribution in [-0.4, -0.2) is 29.2 Å². The molecule has 2 unspecified atom stereocenters. The molecular weight excluding hydrogens is 246 g/mol. The van der Waals surface area contributed by atoms with E-state index in [-0.39, 0.29) is 6.10 Å². The van der Waals surface area contributed by atoms with Crippen molar-refractivity contribution in [1.82, 2.24) is 0 Å². The van der Waals surface area contributed by atoms with E-state index in [1.54, 1.807) is 12.1 Å². The molecule has 3 nitrogen and oxygen atoms in total. The molecule has 1 rings (SSSR count). The quantitative estimate of drug-likeness (QED) is 0.850. The summed E-state index contributed by atoms with van der Waals surface area (Å²) < 4.78 is 17.4. The number of halogens is 1. The highest BCUT2D eigenvalue weighted by atomic mass is 35.5. The van der Waals surface area contributed by atoms with Crippen LogP contribution >= 0.6 is 11.6 Å². The first-order valence-electron chi connectivity index (χ1n) is 5.13. The lowest BCUT2D eigenvalue weighted by atomic mass is 10.4. The van der Waals surface area contributed by atoms with Gasteiger partial charge in [-0.3, -0.25) is 4.21 Å². The molecule has 0 saturated heterocycles. The summed E-state index contributed by atoms with van der Waals surface area (Å²) in [6.45, 7) is 2.83. The van der Waals surface area contributed by atoms with E-state index in [9.17, 15) is 4.21 Å². The maximum absolute atomic E-state index is 12.0. The van der Waals surface area contributed by atoms with Crippen LogP contribution in [0.5, 0.6) is 0 Å². The molecule has 0 fully saturated rings. The fourth-order valence-electron chi connectivity index (χ4n) is 1.31. The zero-order valence-corrected chi connectivity index (χ0v) is 10.8. The lowest BCUT2D eigenvalue weighted by Crippen LogP contribution is -2.29. The number of rotatable bonds is 6. The second-order valence-electron chi connectivity index (χ2n) is 3.26. The summed E-state index contributed by atoms with van der Waals surface area (Å²) in [7, 11) is -1.16. The Balaban J connectivity index is 2.68. The zero-order valence-electron chi connectivity index (χ0n) is 9.19. The van der Waals surface area contributed by atoms with Gasteiger partial charge in [-0.05, 0) is 19.1 Å². The van der Waals surface area contributed by atoms with Crippen LogP contribution in [0.2, 0.25) is 5.02 Å². The zero-order chi connectivity index (χ0) is 12.0. The van der Waals surface area contributed by atoms with E-state index in [4.69, 9.17) is 22.1 Å². The maximum atomic E-state index is 12.0. The summed E-state index contributed by atoms with van der Waals surface area (Å²) in [6, 6.07) is 7.12. The SMILES string of the molecule is CCOC(CN)CS(=O)c1ccccc1Cl. The van der Waals surface area contributed by atoms with Gasteiger partial charge in [0.25, 0.3) is 0 Å². The normalized spacial score (nSPS) is 14.7. The van der Waals surface area contributed by atoms with Crippen molar-refractivity contribution < 1.29 is 8.95 Å². The van der Waals surface area contributed by atoms with Gasteiger partial charge in [0.1, 0.15) is 0 Å². The molecule has 0 radical (unpaired) electrons. The first-order chi connectivity index (χ1) is 7.69. The van der Waals surface area contributed by atoms with Gasteiger partial charge in [-0.2, -0.15) is 0 Å². The Hall–Kier alpha value is -0.420. The third kappa shape index (κ3) is 3.87. The summed E-state index contributed by atoms with van der Waals surface area (Å²) in [5.74, 6) is 0.383. The third-order valence-electron chi connectivity index (χ3n) is 2.08. The van der Waals surface area contributed by atoms with Crippen molar-refractivity contribution in [1.29, 1.82) is 0 Å². The van der Waals surface area contributed by atoms with E-state index in [0.717, 1.165) is 0 Å². The molecule has 2 atom stereocenters. The molecule has 0 heterocycles. The third-order valence-corrected chi connectivity index (χ3v) is 4.05. The molecule has 0 aromatic heterocycles. The molecule has 2 N–H and O–H groups in total. The van der Waals surface area contributed by atoms with E-state index in [1.165, 1.54) is 0 Å². The Bertz CT molecular complexity index is 360. The molecule has 16 heavy (non-hydrogen) atoms. The Morgan fingerprint density at radius 2 is 2.19 bits per heavy atom. The van der Waals surface area contributed by atoms with Crippen molar-refractivity contribution in [3.63, 3.8) is 0 Å². The minimum absolute atomic E-state index is 0.179. The molecule has 90 valence electrons. The summed E-state index contributed by atoms with van der Waals surface area (Å²) in [6.07, 6.45) is -0.179. The lowest BCUT2D eigenvalue weighted by Gasteiger charge is -2.14. The molecule has 0 aliphatic heterocycles. The summed E-state index contributed by atoms with van der Waals surface area (Å²) >= 11 is 5.96. The van der Waals surface area contributed by atoms with Gasteiger partial charge in [0.15, 0.2) is 0 Å². The van der Waals surface area contributed by atoms with E-state index in [0.29, 0.717) is 28.8 Å². The number of hydrogen-bond acceptors (Lipinski definition) is 3. The monoisotopic (exact) mass is 261 g/mol. The van der Waals surface area contributed by atoms with Gasteiger partial charge in [-0.1, -0.05) is 23.7 Å². The first-order valence-corrected chi connectivity index (χ1v) is 6.83. The van der Waals surface area contributed by atoms with Crippen LogP contribution in [0.15, 0.2) is 29.2 Å². The van der Waals surface area contributed by atoms with Crippen molar-refractivity contribution in [2.24, 2.45) is 5.73 Å². The molecule has 0 amide bonds. The molecule has 0 saturated carbocycles. The average molecular weight is 262 g/mol. The molecule has 0 aliphatic rings. The molecule has 1 aromatic rings. The predicted molar refractivity (Wildman–Crippen MR) is 67.2 cm³/mol. The first kappa shape index (κ1) is 13.6. The van der Waals surface area contributed by atoms with Crippen molar-refractivity contribution in [2.45, 2.75) is 17.9 Å². The Labute approximate surface area is 103 Å². The minimum atomic E-state index is -1.16. The number of nitrogens with two attached hydrogens (primary N) is 1. The van der Waals surface area contributed by atoms with Crippen LogP contribution in [0, 0.1) is 0 Å². The van der Waals surface area contributed by atoms with E-state index < -0.39 is 10.8 Å². The standard InChI is InChI=1S/C11H16ClNO2S/c1-2-15-9(7-13)8-16(14)11-6-4-3-5-10(11)12/h3-6,9H,2,7-8,13H2,1H3. The highest BCUT2D eigenvalue weighted by Gasteiger charge is 2.14. The van der Waals surface area contributed by atoms with Crippen LogP contribution < -0.4 is 5.73 Å². The average Bonchev–Trinajstić information content (AvgIpc) is 2.28. The van der Waals surface area contributed by atoms with Gasteiger partial charge in [-0.15, -0.1) is 0 Å². The Kier molecular flexibility index (Phi) is 5.98. The minimum Gasteiger partial charge on any atom is -0.376 e. The van der Waals surface area contributed by atoms with Crippen molar-refractivity contribution in [3.8, 4) is 0 Å². The van der Waals surface area contributed by atoms with Gasteiger partial charge in [-0.25, -0.2) is 0 Å². The van der Waals surface area contributed by atoms with Crippen molar-refractivity contribution in [2.75, 3.05) is 18.9 Å². The van der Waals surface area contributed by atoms with Gasteiger partial charge in [0.2, 0.25) is 0 Å². The molecule has 0 spiro atoms. The van der Waals surface area contributed by atoms with E-state index in [2.05, 4.69) is 0 Å². The van der Waals surface area contributed by atoms with Crippen LogP contribution in [0.3, 0.4) is 0 Å². The number of hydrogen-bond donors (Lipinski definition) is 1. The second-order valence-corrected chi connectivity index (χ2v) is 5.13. The molecular formula is C11H16ClNO2S. The Morgan fingerprint density at radius 1 is 1.50 bits per heavy atom. The van der Waals surface area contributed by atoms with Crippen LogP contribution in [-0.2, 0) is 15.5 Å². The fraction of sp³-hybridized carbons (Fsp3) is 0.455. The fourth-order valence-corrected chi connectivity index (χ4v) is 2.97. The molecule has 0 bridgehead atoms. The largest absolute Gasteiger partial charge is 0.376 e. The molecule has 0 aliphatic carbocycles. The highest BCUT2D eigenvalue weighted by Crippen LogP contribution is 2.19. The molecule has 5 heteroatoms. The van der Waals surface area contributed by atoms with Crippen LogP contribution in [0.4, 0.5) is 0 Å². The highest BCUT2D eigenvalue weighted by molar-refractivity contribution is 7.85. The maximum Gasteiger partial charge on any atom is 0.0815 e. The summed E-state index contributed by atoms with van der Waals surface area (Å²) in [5, 5.41) is 0.521. The number of benzene rings is 1. The van der Waals surface area contributed by atoms with E-state index in [1.807, 2.05) is 19.1 Å². The topological polar surface area (TPSA) is 52.3 Å². The van der Waals surface area contributed by atoms with Gasteiger partial charge >= 0.3 is 0 Å². The van der Waals surface area contributed by atoms with Gasteiger partial charge in [0, 0.05) is 13.2 Å². The van der Waals surface area contributed by atoms with Crippen LogP contribution in [0.25, 0.3) is 0 Å². The van der Waals surface area contributed by atoms with Crippen LogP contribution in [0.1, 0.15) is 6.92 Å². The summed E-state index contributed by atoms with van der Waals surface area (Å²) in [4.78, 5) is 0.641. The predicted octanol–water partition coefficient (Wildman–Crippen LogP) is 1.81. The molecule has 1 aromatic carbocycles. The van der Waals surface area contributed by atoms with E-state index >= 15 is 0 Å².